The van der Waals surface area contributed by atoms with E-state index in [0.717, 1.165) is 6.61 Å². The molecule has 0 aliphatic heterocycles. The third-order valence-electron chi connectivity index (χ3n) is 3.16. The molecule has 1 aliphatic carbocycles. The van der Waals surface area contributed by atoms with Crippen molar-refractivity contribution in [3.05, 3.63) is 35.4 Å². The monoisotopic (exact) mass is 204 g/mol. The summed E-state index contributed by atoms with van der Waals surface area (Å²) in [7, 11) is 0. The molecule has 1 saturated carbocycles. The highest BCUT2D eigenvalue weighted by Gasteiger charge is 2.13. The number of hydrogen-bond donors (Lipinski definition) is 0. The summed E-state index contributed by atoms with van der Waals surface area (Å²) >= 11 is 0. The van der Waals surface area contributed by atoms with Crippen LogP contribution in [0.1, 0.15) is 43.2 Å². The largest absolute Gasteiger partial charge is 0.374 e. The van der Waals surface area contributed by atoms with Crippen LogP contribution in [0.15, 0.2) is 24.3 Å². The molecule has 0 N–H and O–H groups in total. The Morgan fingerprint density at radius 3 is 2.40 bits per heavy atom. The Balaban J connectivity index is 1.79. The Kier molecular flexibility index (Phi) is 3.79. The van der Waals surface area contributed by atoms with Gasteiger partial charge in [-0.1, -0.05) is 49.1 Å². The van der Waals surface area contributed by atoms with Gasteiger partial charge in [-0.2, -0.15) is 0 Å². The van der Waals surface area contributed by atoms with Crippen molar-refractivity contribution in [3.63, 3.8) is 0 Å². The van der Waals surface area contributed by atoms with Gasteiger partial charge in [0, 0.05) is 0 Å². The second-order valence-corrected chi connectivity index (χ2v) is 4.56. The van der Waals surface area contributed by atoms with Crippen LogP contribution in [0, 0.1) is 6.92 Å². The molecule has 0 unspecified atom stereocenters. The first-order chi connectivity index (χ1) is 7.34. The van der Waals surface area contributed by atoms with Gasteiger partial charge in [-0.3, -0.25) is 0 Å². The molecule has 0 heterocycles. The molecule has 0 amide bonds. The van der Waals surface area contributed by atoms with Crippen LogP contribution in [-0.2, 0) is 11.3 Å². The molecule has 0 bridgehead atoms. The van der Waals surface area contributed by atoms with Crippen LogP contribution in [0.4, 0.5) is 0 Å². The van der Waals surface area contributed by atoms with Gasteiger partial charge < -0.3 is 4.74 Å². The molecule has 0 atom stereocenters. The number of ether oxygens (including phenoxy) is 1. The fraction of sp³-hybridized carbons (Fsp3) is 0.571. The zero-order valence-electron chi connectivity index (χ0n) is 9.54. The van der Waals surface area contributed by atoms with Gasteiger partial charge in [-0.15, -0.1) is 0 Å². The Morgan fingerprint density at radius 2 is 1.73 bits per heavy atom. The van der Waals surface area contributed by atoms with Gasteiger partial charge in [-0.25, -0.2) is 0 Å². The van der Waals surface area contributed by atoms with Gasteiger partial charge in [0.25, 0.3) is 0 Å². The van der Waals surface area contributed by atoms with E-state index in [2.05, 4.69) is 31.2 Å². The highest BCUT2D eigenvalue weighted by Crippen LogP contribution is 2.21. The number of aryl methyl sites for hydroxylation is 1. The summed E-state index contributed by atoms with van der Waals surface area (Å²) < 4.78 is 5.91. The minimum absolute atomic E-state index is 0.514. The van der Waals surface area contributed by atoms with Gasteiger partial charge in [0.15, 0.2) is 0 Å². The SMILES string of the molecule is Cc1ccc(COC2CCCCC2)cc1. The van der Waals surface area contributed by atoms with Gasteiger partial charge in [0.2, 0.25) is 0 Å². The van der Waals surface area contributed by atoms with E-state index in [-0.39, 0.29) is 0 Å². The molecule has 1 aliphatic rings. The van der Waals surface area contributed by atoms with Crippen molar-refractivity contribution in [2.75, 3.05) is 0 Å². The Hall–Kier alpha value is -0.820. The second kappa shape index (κ2) is 5.32. The maximum Gasteiger partial charge on any atom is 0.0720 e. The molecular weight excluding hydrogens is 184 g/mol. The van der Waals surface area contributed by atoms with Crippen LogP contribution in [0.3, 0.4) is 0 Å². The average molecular weight is 204 g/mol. The summed E-state index contributed by atoms with van der Waals surface area (Å²) in [4.78, 5) is 0. The maximum absolute atomic E-state index is 5.91. The fourth-order valence-electron chi connectivity index (χ4n) is 2.13. The van der Waals surface area contributed by atoms with E-state index >= 15 is 0 Å². The maximum atomic E-state index is 5.91. The molecular formula is C14H20O. The highest BCUT2D eigenvalue weighted by molar-refractivity contribution is 5.20. The van der Waals surface area contributed by atoms with E-state index in [0.29, 0.717) is 6.10 Å². The first kappa shape index (κ1) is 10.7. The number of benzene rings is 1. The molecule has 82 valence electrons. The lowest BCUT2D eigenvalue weighted by Crippen LogP contribution is -2.16. The lowest BCUT2D eigenvalue weighted by molar-refractivity contribution is 0.0169. The summed E-state index contributed by atoms with van der Waals surface area (Å²) in [5, 5.41) is 0. The summed E-state index contributed by atoms with van der Waals surface area (Å²) in [6, 6.07) is 8.63. The van der Waals surface area contributed by atoms with E-state index in [1.54, 1.807) is 0 Å². The number of rotatable bonds is 3. The standard InChI is InChI=1S/C14H20O/c1-12-7-9-13(10-8-12)11-15-14-5-3-2-4-6-14/h7-10,14H,2-6,11H2,1H3. The fourth-order valence-corrected chi connectivity index (χ4v) is 2.13. The molecule has 1 nitrogen and oxygen atoms in total. The predicted molar refractivity (Wildman–Crippen MR) is 62.8 cm³/mol. The topological polar surface area (TPSA) is 9.23 Å². The molecule has 0 aromatic heterocycles. The van der Waals surface area contributed by atoms with Crippen molar-refractivity contribution in [1.82, 2.24) is 0 Å². The molecule has 0 saturated heterocycles. The van der Waals surface area contributed by atoms with Gasteiger partial charge in [0.05, 0.1) is 12.7 Å². The molecule has 0 spiro atoms. The summed E-state index contributed by atoms with van der Waals surface area (Å²) in [5.41, 5.74) is 2.61. The van der Waals surface area contributed by atoms with E-state index in [1.807, 2.05) is 0 Å². The van der Waals surface area contributed by atoms with Crippen molar-refractivity contribution in [2.24, 2.45) is 0 Å². The molecule has 1 fully saturated rings. The highest BCUT2D eigenvalue weighted by atomic mass is 16.5. The Labute approximate surface area is 92.5 Å². The van der Waals surface area contributed by atoms with Crippen LogP contribution < -0.4 is 0 Å². The van der Waals surface area contributed by atoms with Gasteiger partial charge >= 0.3 is 0 Å². The normalized spacial score (nSPS) is 17.9. The van der Waals surface area contributed by atoms with Crippen molar-refractivity contribution in [2.45, 2.75) is 51.7 Å². The summed E-state index contributed by atoms with van der Waals surface area (Å²) in [6.07, 6.45) is 7.11. The molecule has 1 aromatic rings. The van der Waals surface area contributed by atoms with Crippen LogP contribution in [0.5, 0.6) is 0 Å². The van der Waals surface area contributed by atoms with Crippen molar-refractivity contribution >= 4 is 0 Å². The minimum Gasteiger partial charge on any atom is -0.374 e. The van der Waals surface area contributed by atoms with Crippen molar-refractivity contribution in [1.29, 1.82) is 0 Å². The lowest BCUT2D eigenvalue weighted by atomic mass is 9.98. The van der Waals surface area contributed by atoms with E-state index in [9.17, 15) is 0 Å². The second-order valence-electron chi connectivity index (χ2n) is 4.56. The van der Waals surface area contributed by atoms with Crippen molar-refractivity contribution < 1.29 is 4.74 Å². The van der Waals surface area contributed by atoms with Crippen LogP contribution >= 0.6 is 0 Å². The molecule has 2 rings (SSSR count). The quantitative estimate of drug-likeness (QED) is 0.726. The predicted octanol–water partition coefficient (Wildman–Crippen LogP) is 3.84. The molecule has 1 heteroatoms. The van der Waals surface area contributed by atoms with Crippen LogP contribution in [-0.4, -0.2) is 6.10 Å². The third kappa shape index (κ3) is 3.35. The molecule has 1 aromatic carbocycles. The van der Waals surface area contributed by atoms with Crippen LogP contribution in [0.2, 0.25) is 0 Å². The van der Waals surface area contributed by atoms with Gasteiger partial charge in [0.1, 0.15) is 0 Å². The van der Waals surface area contributed by atoms with Crippen LogP contribution in [0.25, 0.3) is 0 Å². The van der Waals surface area contributed by atoms with E-state index in [4.69, 9.17) is 4.74 Å². The van der Waals surface area contributed by atoms with Gasteiger partial charge in [-0.05, 0) is 25.3 Å². The Morgan fingerprint density at radius 1 is 1.07 bits per heavy atom. The first-order valence-electron chi connectivity index (χ1n) is 6.02. The first-order valence-corrected chi connectivity index (χ1v) is 6.02. The number of hydrogen-bond acceptors (Lipinski definition) is 1. The average Bonchev–Trinajstić information content (AvgIpc) is 2.30. The smallest absolute Gasteiger partial charge is 0.0720 e. The Bertz CT molecular complexity index is 283. The molecule has 15 heavy (non-hydrogen) atoms. The minimum atomic E-state index is 0.514. The third-order valence-corrected chi connectivity index (χ3v) is 3.16. The summed E-state index contributed by atoms with van der Waals surface area (Å²) in [5.74, 6) is 0. The van der Waals surface area contributed by atoms with E-state index < -0.39 is 0 Å². The molecule has 0 radical (unpaired) electrons. The van der Waals surface area contributed by atoms with E-state index in [1.165, 1.54) is 43.2 Å². The lowest BCUT2D eigenvalue weighted by Gasteiger charge is -2.22. The van der Waals surface area contributed by atoms with Crippen molar-refractivity contribution in [3.8, 4) is 0 Å². The zero-order chi connectivity index (χ0) is 10.5. The summed E-state index contributed by atoms with van der Waals surface area (Å²) in [6.45, 7) is 2.90. The zero-order valence-corrected chi connectivity index (χ0v) is 9.54.